The summed E-state index contributed by atoms with van der Waals surface area (Å²) in [5, 5.41) is 10.9. The van der Waals surface area contributed by atoms with Crippen LogP contribution in [0.25, 0.3) is 27.5 Å². The molecule has 0 aliphatic heterocycles. The maximum absolute atomic E-state index is 4.94. The van der Waals surface area contributed by atoms with Crippen molar-refractivity contribution in [2.24, 2.45) is 7.05 Å². The molecule has 5 aromatic rings. The molecule has 0 saturated carbocycles. The van der Waals surface area contributed by atoms with E-state index >= 15 is 0 Å². The Morgan fingerprint density at radius 1 is 1.06 bits per heavy atom. The molecule has 4 aromatic heterocycles. The second-order valence-corrected chi connectivity index (χ2v) is 8.95. The van der Waals surface area contributed by atoms with Crippen molar-refractivity contribution in [2.45, 2.75) is 18.1 Å². The Hall–Kier alpha value is -2.94. The van der Waals surface area contributed by atoms with Crippen LogP contribution < -0.4 is 5.32 Å². The van der Waals surface area contributed by atoms with Crippen LogP contribution >= 0.6 is 23.1 Å². The summed E-state index contributed by atoms with van der Waals surface area (Å²) in [5.74, 6) is 0. The number of fused-ring (bicyclic) bond motifs is 1. The number of hydrogen-bond donors (Lipinski definition) is 1. The third-order valence-corrected chi connectivity index (χ3v) is 6.76. The molecule has 0 spiro atoms. The minimum atomic E-state index is 0.793. The van der Waals surface area contributed by atoms with Crippen LogP contribution in [0.3, 0.4) is 0 Å². The van der Waals surface area contributed by atoms with Crippen molar-refractivity contribution in [3.05, 3.63) is 77.7 Å². The molecule has 0 radical (unpaired) electrons. The van der Waals surface area contributed by atoms with E-state index in [4.69, 9.17) is 4.98 Å². The molecule has 0 saturated heterocycles. The third-order valence-electron chi connectivity index (χ3n) is 5.12. The Kier molecular flexibility index (Phi) is 5.59. The molecule has 6 nitrogen and oxygen atoms in total. The highest BCUT2D eigenvalue weighted by molar-refractivity contribution is 7.98. The van der Waals surface area contributed by atoms with Crippen LogP contribution in [-0.2, 0) is 20.1 Å². The summed E-state index contributed by atoms with van der Waals surface area (Å²) < 4.78 is 3.94. The van der Waals surface area contributed by atoms with Crippen LogP contribution in [0.4, 0.5) is 0 Å². The van der Waals surface area contributed by atoms with Gasteiger partial charge in [-0.2, -0.15) is 5.10 Å². The highest BCUT2D eigenvalue weighted by Gasteiger charge is 2.16. The van der Waals surface area contributed by atoms with E-state index in [0.29, 0.717) is 0 Å². The zero-order valence-electron chi connectivity index (χ0n) is 17.3. The van der Waals surface area contributed by atoms with Crippen molar-refractivity contribution in [3.8, 4) is 21.8 Å². The summed E-state index contributed by atoms with van der Waals surface area (Å²) in [7, 11) is 1.92. The van der Waals surface area contributed by atoms with Gasteiger partial charge in [0.25, 0.3) is 0 Å². The van der Waals surface area contributed by atoms with E-state index < -0.39 is 0 Å². The van der Waals surface area contributed by atoms with E-state index in [-0.39, 0.29) is 0 Å². The number of rotatable bonds is 7. The predicted octanol–water partition coefficient (Wildman–Crippen LogP) is 4.87. The molecule has 8 heteroatoms. The van der Waals surface area contributed by atoms with E-state index in [1.807, 2.05) is 42.6 Å². The van der Waals surface area contributed by atoms with Crippen LogP contribution in [0.2, 0.25) is 0 Å². The maximum Gasteiger partial charge on any atom is 0.170 e. The molecule has 0 bridgehead atoms. The van der Waals surface area contributed by atoms with Crippen molar-refractivity contribution >= 4 is 28.7 Å². The predicted molar refractivity (Wildman–Crippen MR) is 127 cm³/mol. The van der Waals surface area contributed by atoms with Gasteiger partial charge < -0.3 is 5.32 Å². The fourth-order valence-electron chi connectivity index (χ4n) is 3.61. The Bertz CT molecular complexity index is 1320. The largest absolute Gasteiger partial charge is 0.309 e. The first kappa shape index (κ1) is 20.0. The second-order valence-electron chi connectivity index (χ2n) is 7.24. The van der Waals surface area contributed by atoms with Gasteiger partial charge in [0.1, 0.15) is 5.03 Å². The van der Waals surface area contributed by atoms with Crippen LogP contribution in [0.15, 0.2) is 71.6 Å². The summed E-state index contributed by atoms with van der Waals surface area (Å²) in [6, 6.07) is 12.6. The normalized spacial score (nSPS) is 11.4. The molecular formula is C23H22N6S2. The Morgan fingerprint density at radius 3 is 2.71 bits per heavy atom. The lowest BCUT2D eigenvalue weighted by molar-refractivity contribution is 0.695. The number of benzene rings is 1. The van der Waals surface area contributed by atoms with E-state index in [1.165, 1.54) is 16.0 Å². The molecule has 156 valence electrons. The molecule has 5 rings (SSSR count). The molecule has 0 aliphatic rings. The fraction of sp³-hybridized carbons (Fsp3) is 0.174. The minimum Gasteiger partial charge on any atom is -0.309 e. The number of nitrogens with one attached hydrogen (secondary N) is 1. The minimum absolute atomic E-state index is 0.793. The first-order valence-corrected chi connectivity index (χ1v) is 12.1. The highest BCUT2D eigenvalue weighted by atomic mass is 32.2. The van der Waals surface area contributed by atoms with Gasteiger partial charge in [0.05, 0.1) is 28.7 Å². The molecule has 1 aromatic carbocycles. The van der Waals surface area contributed by atoms with E-state index in [1.54, 1.807) is 23.1 Å². The molecule has 0 amide bonds. The van der Waals surface area contributed by atoms with Crippen molar-refractivity contribution < 1.29 is 0 Å². The van der Waals surface area contributed by atoms with Gasteiger partial charge in [-0.25, -0.2) is 9.97 Å². The monoisotopic (exact) mass is 446 g/mol. The van der Waals surface area contributed by atoms with Gasteiger partial charge in [0.2, 0.25) is 0 Å². The summed E-state index contributed by atoms with van der Waals surface area (Å²) in [6.45, 7) is 1.63. The fourth-order valence-corrected chi connectivity index (χ4v) is 5.01. The number of aromatic nitrogens is 5. The van der Waals surface area contributed by atoms with Crippen LogP contribution in [0, 0.1) is 0 Å². The zero-order valence-corrected chi connectivity index (χ0v) is 19.0. The number of nitrogens with zero attached hydrogens (tertiary/aromatic N) is 5. The van der Waals surface area contributed by atoms with Crippen molar-refractivity contribution in [1.82, 2.24) is 29.5 Å². The first-order chi connectivity index (χ1) is 15.2. The van der Waals surface area contributed by atoms with Gasteiger partial charge in [-0.05, 0) is 28.8 Å². The topological polar surface area (TPSA) is 60.0 Å². The van der Waals surface area contributed by atoms with Crippen LogP contribution in [0.5, 0.6) is 0 Å². The highest BCUT2D eigenvalue weighted by Crippen LogP contribution is 2.33. The van der Waals surface area contributed by atoms with Crippen LogP contribution in [-0.4, -0.2) is 30.4 Å². The molecule has 4 heterocycles. The lowest BCUT2D eigenvalue weighted by Crippen LogP contribution is -2.12. The number of hydrogen-bond acceptors (Lipinski definition) is 6. The second kappa shape index (κ2) is 8.66. The summed E-state index contributed by atoms with van der Waals surface area (Å²) in [5.41, 5.74) is 6.42. The number of thioether (sulfide) groups is 1. The quantitative estimate of drug-likeness (QED) is 0.362. The van der Waals surface area contributed by atoms with Crippen LogP contribution in [0.1, 0.15) is 11.1 Å². The lowest BCUT2D eigenvalue weighted by Gasteiger charge is -2.09. The van der Waals surface area contributed by atoms with Crippen molar-refractivity contribution in [3.63, 3.8) is 0 Å². The smallest absolute Gasteiger partial charge is 0.170 e. The molecule has 0 aliphatic carbocycles. The summed E-state index contributed by atoms with van der Waals surface area (Å²) in [4.78, 5) is 10.8. The van der Waals surface area contributed by atoms with Crippen molar-refractivity contribution in [1.29, 1.82) is 0 Å². The molecule has 0 atom stereocenters. The zero-order chi connectivity index (χ0) is 21.2. The van der Waals surface area contributed by atoms with Gasteiger partial charge in [-0.1, -0.05) is 30.3 Å². The summed E-state index contributed by atoms with van der Waals surface area (Å²) in [6.07, 6.45) is 9.91. The van der Waals surface area contributed by atoms with Crippen molar-refractivity contribution in [2.75, 3.05) is 6.26 Å². The van der Waals surface area contributed by atoms with E-state index in [2.05, 4.69) is 61.7 Å². The summed E-state index contributed by atoms with van der Waals surface area (Å²) >= 11 is 3.34. The Balaban J connectivity index is 1.48. The van der Waals surface area contributed by atoms with Gasteiger partial charge in [-0.15, -0.1) is 23.1 Å². The average Bonchev–Trinajstić information content (AvgIpc) is 3.53. The first-order valence-electron chi connectivity index (χ1n) is 9.95. The maximum atomic E-state index is 4.94. The van der Waals surface area contributed by atoms with Gasteiger partial charge >= 0.3 is 0 Å². The van der Waals surface area contributed by atoms with Gasteiger partial charge in [-0.3, -0.25) is 9.08 Å². The van der Waals surface area contributed by atoms with Gasteiger partial charge in [0, 0.05) is 38.1 Å². The Morgan fingerprint density at radius 2 is 1.94 bits per heavy atom. The number of aryl methyl sites for hydroxylation is 1. The molecular weight excluding hydrogens is 424 g/mol. The number of imidazole rings is 1. The lowest BCUT2D eigenvalue weighted by atomic mass is 10.2. The SMILES string of the molecule is CSc1nc(-c2sccc2CNCc2ccccc2)cn2c(-c3cnn(C)c3)cnc12. The average molecular weight is 447 g/mol. The van der Waals surface area contributed by atoms with E-state index in [0.717, 1.165) is 40.7 Å². The molecule has 0 unspecified atom stereocenters. The van der Waals surface area contributed by atoms with Gasteiger partial charge in [0.15, 0.2) is 5.65 Å². The molecule has 0 fully saturated rings. The standard InChI is InChI=1S/C23H22N6S2/c1-28-14-18(12-26-28)20-13-25-22-23(30-2)27-19(15-29(20)22)21-17(8-9-31-21)11-24-10-16-6-4-3-5-7-16/h3-9,12-15,24H,10-11H2,1-2H3. The number of thiophene rings is 1. The van der Waals surface area contributed by atoms with E-state index in [9.17, 15) is 0 Å². The molecule has 1 N–H and O–H groups in total. The Labute approximate surface area is 189 Å². The third kappa shape index (κ3) is 4.01. The molecule has 31 heavy (non-hydrogen) atoms.